The van der Waals surface area contributed by atoms with E-state index in [4.69, 9.17) is 9.97 Å². The monoisotopic (exact) mass is 291 g/mol. The first kappa shape index (κ1) is 16.2. The average molecular weight is 291 g/mol. The van der Waals surface area contributed by atoms with Crippen molar-refractivity contribution >= 4 is 5.82 Å². The fourth-order valence-electron chi connectivity index (χ4n) is 2.75. The second-order valence-corrected chi connectivity index (χ2v) is 6.33. The topological polar surface area (TPSA) is 44.3 Å². The quantitative estimate of drug-likeness (QED) is 0.922. The van der Waals surface area contributed by atoms with Crippen LogP contribution in [0.1, 0.15) is 50.7 Å². The van der Waals surface area contributed by atoms with Crippen molar-refractivity contribution in [2.24, 2.45) is 0 Å². The molecule has 1 aliphatic rings. The van der Waals surface area contributed by atoms with Crippen LogP contribution in [0.3, 0.4) is 0 Å². The molecule has 5 heteroatoms. The average Bonchev–Trinajstić information content (AvgIpc) is 2.60. The highest BCUT2D eigenvalue weighted by atomic mass is 15.2. The van der Waals surface area contributed by atoms with Gasteiger partial charge in [0, 0.05) is 24.8 Å². The molecular weight excluding hydrogens is 262 g/mol. The lowest BCUT2D eigenvalue weighted by atomic mass is 10.1. The number of likely N-dealkylation sites (N-methyl/N-ethyl adjacent to an activating group) is 2. The number of aromatic nitrogens is 2. The standard InChI is InChI=1S/C16H29N5/c1-6-17-15-10-13(12(2)3)18-16(19-15)14-11-20(4)8-7-9-21(14)5/h10,12,14H,6-9,11H2,1-5H3,(H,17,18,19). The minimum atomic E-state index is 0.272. The summed E-state index contributed by atoms with van der Waals surface area (Å²) in [5, 5.41) is 3.34. The molecule has 0 aromatic carbocycles. The van der Waals surface area contributed by atoms with Gasteiger partial charge in [-0.1, -0.05) is 13.8 Å². The van der Waals surface area contributed by atoms with E-state index in [1.807, 2.05) is 0 Å². The van der Waals surface area contributed by atoms with Crippen LogP contribution in [0.5, 0.6) is 0 Å². The molecule has 118 valence electrons. The van der Waals surface area contributed by atoms with Crippen LogP contribution < -0.4 is 5.32 Å². The minimum absolute atomic E-state index is 0.272. The maximum Gasteiger partial charge on any atom is 0.149 e. The lowest BCUT2D eigenvalue weighted by molar-refractivity contribution is 0.219. The summed E-state index contributed by atoms with van der Waals surface area (Å²) in [4.78, 5) is 14.4. The largest absolute Gasteiger partial charge is 0.370 e. The van der Waals surface area contributed by atoms with E-state index in [2.05, 4.69) is 56.0 Å². The first-order chi connectivity index (χ1) is 10.0. The van der Waals surface area contributed by atoms with Crippen molar-refractivity contribution in [2.45, 2.75) is 39.2 Å². The Labute approximate surface area is 128 Å². The van der Waals surface area contributed by atoms with Crippen LogP contribution in [0.25, 0.3) is 0 Å². The Balaban J connectivity index is 2.35. The Kier molecular flexibility index (Phi) is 5.53. The van der Waals surface area contributed by atoms with E-state index >= 15 is 0 Å². The van der Waals surface area contributed by atoms with Crippen molar-refractivity contribution in [1.82, 2.24) is 19.8 Å². The van der Waals surface area contributed by atoms with Crippen LogP contribution in [0.4, 0.5) is 5.82 Å². The molecule has 1 aromatic rings. The predicted molar refractivity (Wildman–Crippen MR) is 87.8 cm³/mol. The van der Waals surface area contributed by atoms with Gasteiger partial charge in [-0.05, 0) is 46.4 Å². The summed E-state index contributed by atoms with van der Waals surface area (Å²) >= 11 is 0. The van der Waals surface area contributed by atoms with Gasteiger partial charge in [-0.15, -0.1) is 0 Å². The zero-order valence-electron chi connectivity index (χ0n) is 14.1. The number of hydrogen-bond donors (Lipinski definition) is 1. The summed E-state index contributed by atoms with van der Waals surface area (Å²) in [6.07, 6.45) is 1.20. The third kappa shape index (κ3) is 4.14. The van der Waals surface area contributed by atoms with Crippen LogP contribution in [0, 0.1) is 0 Å². The molecule has 5 nitrogen and oxygen atoms in total. The third-order valence-corrected chi connectivity index (χ3v) is 4.08. The summed E-state index contributed by atoms with van der Waals surface area (Å²) in [6, 6.07) is 2.35. The molecule has 0 amide bonds. The molecule has 2 heterocycles. The van der Waals surface area contributed by atoms with Crippen LogP contribution in [0.15, 0.2) is 6.07 Å². The zero-order valence-corrected chi connectivity index (χ0v) is 14.1. The van der Waals surface area contributed by atoms with Gasteiger partial charge in [-0.25, -0.2) is 9.97 Å². The van der Waals surface area contributed by atoms with Crippen molar-refractivity contribution in [3.05, 3.63) is 17.6 Å². The van der Waals surface area contributed by atoms with E-state index in [0.717, 1.165) is 43.5 Å². The van der Waals surface area contributed by atoms with Crippen molar-refractivity contribution in [3.63, 3.8) is 0 Å². The Morgan fingerprint density at radius 2 is 2.05 bits per heavy atom. The van der Waals surface area contributed by atoms with Crippen LogP contribution in [-0.2, 0) is 0 Å². The van der Waals surface area contributed by atoms with Gasteiger partial charge in [0.2, 0.25) is 0 Å². The van der Waals surface area contributed by atoms with Crippen molar-refractivity contribution in [3.8, 4) is 0 Å². The summed E-state index contributed by atoms with van der Waals surface area (Å²) in [5.41, 5.74) is 1.12. The number of nitrogens with zero attached hydrogens (tertiary/aromatic N) is 4. The fraction of sp³-hybridized carbons (Fsp3) is 0.750. The molecule has 1 saturated heterocycles. The second-order valence-electron chi connectivity index (χ2n) is 6.33. The maximum atomic E-state index is 4.85. The molecule has 1 atom stereocenters. The molecule has 1 aromatic heterocycles. The van der Waals surface area contributed by atoms with E-state index < -0.39 is 0 Å². The minimum Gasteiger partial charge on any atom is -0.370 e. The van der Waals surface area contributed by atoms with Gasteiger partial charge < -0.3 is 10.2 Å². The van der Waals surface area contributed by atoms with Gasteiger partial charge in [-0.2, -0.15) is 0 Å². The van der Waals surface area contributed by atoms with Gasteiger partial charge in [0.15, 0.2) is 0 Å². The highest BCUT2D eigenvalue weighted by Gasteiger charge is 2.25. The number of anilines is 1. The summed E-state index contributed by atoms with van der Waals surface area (Å²) in [6.45, 7) is 10.6. The molecule has 1 aliphatic heterocycles. The Morgan fingerprint density at radius 1 is 1.29 bits per heavy atom. The van der Waals surface area contributed by atoms with E-state index in [-0.39, 0.29) is 6.04 Å². The molecule has 1 unspecified atom stereocenters. The molecule has 1 fully saturated rings. The lowest BCUT2D eigenvalue weighted by Crippen LogP contribution is -2.32. The molecule has 21 heavy (non-hydrogen) atoms. The van der Waals surface area contributed by atoms with Crippen molar-refractivity contribution in [2.75, 3.05) is 45.6 Å². The molecule has 0 bridgehead atoms. The highest BCUT2D eigenvalue weighted by Crippen LogP contribution is 2.24. The molecular formula is C16H29N5. The fourth-order valence-corrected chi connectivity index (χ4v) is 2.75. The molecule has 0 saturated carbocycles. The number of rotatable bonds is 4. The van der Waals surface area contributed by atoms with E-state index in [9.17, 15) is 0 Å². The number of nitrogens with one attached hydrogen (secondary N) is 1. The van der Waals surface area contributed by atoms with Gasteiger partial charge in [0.1, 0.15) is 11.6 Å². The molecule has 1 N–H and O–H groups in total. The molecule has 0 radical (unpaired) electrons. The molecule has 0 spiro atoms. The zero-order chi connectivity index (χ0) is 15.4. The maximum absolute atomic E-state index is 4.85. The Morgan fingerprint density at radius 3 is 2.71 bits per heavy atom. The van der Waals surface area contributed by atoms with E-state index in [0.29, 0.717) is 5.92 Å². The smallest absolute Gasteiger partial charge is 0.149 e. The van der Waals surface area contributed by atoms with Gasteiger partial charge >= 0.3 is 0 Å². The van der Waals surface area contributed by atoms with Crippen LogP contribution >= 0.6 is 0 Å². The Hall–Kier alpha value is -1.20. The first-order valence-electron chi connectivity index (χ1n) is 8.02. The van der Waals surface area contributed by atoms with Crippen LogP contribution in [0.2, 0.25) is 0 Å². The predicted octanol–water partition coefficient (Wildman–Crippen LogP) is 2.34. The van der Waals surface area contributed by atoms with Gasteiger partial charge in [-0.3, -0.25) is 4.90 Å². The first-order valence-corrected chi connectivity index (χ1v) is 8.02. The Bertz CT molecular complexity index is 460. The highest BCUT2D eigenvalue weighted by molar-refractivity contribution is 5.37. The normalized spacial score (nSPS) is 21.5. The third-order valence-electron chi connectivity index (χ3n) is 4.08. The SMILES string of the molecule is CCNc1cc(C(C)C)nc(C2CN(C)CCCN2C)n1. The van der Waals surface area contributed by atoms with E-state index in [1.165, 1.54) is 6.42 Å². The van der Waals surface area contributed by atoms with E-state index in [1.54, 1.807) is 0 Å². The van der Waals surface area contributed by atoms with Crippen molar-refractivity contribution in [1.29, 1.82) is 0 Å². The second kappa shape index (κ2) is 7.18. The van der Waals surface area contributed by atoms with Crippen molar-refractivity contribution < 1.29 is 0 Å². The molecule has 2 rings (SSSR count). The van der Waals surface area contributed by atoms with Gasteiger partial charge in [0.25, 0.3) is 0 Å². The summed E-state index contributed by atoms with van der Waals surface area (Å²) < 4.78 is 0. The summed E-state index contributed by atoms with van der Waals surface area (Å²) in [7, 11) is 4.37. The molecule has 0 aliphatic carbocycles. The van der Waals surface area contributed by atoms with Crippen LogP contribution in [-0.4, -0.2) is 60.0 Å². The van der Waals surface area contributed by atoms with Gasteiger partial charge in [0.05, 0.1) is 6.04 Å². The number of hydrogen-bond acceptors (Lipinski definition) is 5. The lowest BCUT2D eigenvalue weighted by Gasteiger charge is -2.27. The summed E-state index contributed by atoms with van der Waals surface area (Å²) in [5.74, 6) is 2.32.